The molecule has 2 aliphatic heterocycles. The lowest BCUT2D eigenvalue weighted by Gasteiger charge is -2.46. The van der Waals surface area contributed by atoms with E-state index in [4.69, 9.17) is 4.74 Å². The molecule has 0 aliphatic carbocycles. The lowest BCUT2D eigenvalue weighted by Crippen LogP contribution is -2.58. The first-order valence-electron chi connectivity index (χ1n) is 5.89. The van der Waals surface area contributed by atoms with Crippen molar-refractivity contribution in [2.75, 3.05) is 19.8 Å². The van der Waals surface area contributed by atoms with E-state index in [-0.39, 0.29) is 11.2 Å². The Labute approximate surface area is 94.8 Å². The Hall–Kier alpha value is -0.930. The fourth-order valence-electron chi connectivity index (χ4n) is 2.89. The van der Waals surface area contributed by atoms with Gasteiger partial charge in [-0.05, 0) is 25.5 Å². The zero-order chi connectivity index (χ0) is 11.0. The minimum atomic E-state index is -0.123. The van der Waals surface area contributed by atoms with Crippen LogP contribution in [0.1, 0.15) is 18.4 Å². The maximum absolute atomic E-state index is 13.9. The molecule has 0 radical (unpaired) electrons. The second-order valence-electron chi connectivity index (χ2n) is 4.78. The van der Waals surface area contributed by atoms with Crippen molar-refractivity contribution in [2.24, 2.45) is 0 Å². The third-order valence-corrected chi connectivity index (χ3v) is 3.86. The van der Waals surface area contributed by atoms with Gasteiger partial charge in [-0.3, -0.25) is 0 Å². The van der Waals surface area contributed by atoms with E-state index in [1.54, 1.807) is 12.1 Å². The highest BCUT2D eigenvalue weighted by Gasteiger charge is 2.49. The molecule has 1 N–H and O–H groups in total. The van der Waals surface area contributed by atoms with Gasteiger partial charge in [0.1, 0.15) is 5.82 Å². The highest BCUT2D eigenvalue weighted by molar-refractivity contribution is 5.32. The SMILES string of the molecule is Fc1ccccc1C1(C2CCCN2)COC1. The molecule has 3 heteroatoms. The first-order valence-corrected chi connectivity index (χ1v) is 5.89. The fourth-order valence-corrected chi connectivity index (χ4v) is 2.89. The second kappa shape index (κ2) is 3.82. The number of nitrogens with one attached hydrogen (secondary N) is 1. The van der Waals surface area contributed by atoms with Gasteiger partial charge in [0, 0.05) is 11.6 Å². The molecule has 1 aromatic carbocycles. The summed E-state index contributed by atoms with van der Waals surface area (Å²) in [6, 6.07) is 7.47. The summed E-state index contributed by atoms with van der Waals surface area (Å²) in [5, 5.41) is 3.48. The van der Waals surface area contributed by atoms with Crippen LogP contribution in [0, 0.1) is 5.82 Å². The van der Waals surface area contributed by atoms with E-state index in [1.807, 2.05) is 12.1 Å². The lowest BCUT2D eigenvalue weighted by molar-refractivity contribution is -0.0776. The molecule has 86 valence electrons. The summed E-state index contributed by atoms with van der Waals surface area (Å²) in [5.74, 6) is -0.0977. The van der Waals surface area contributed by atoms with E-state index in [1.165, 1.54) is 6.42 Å². The van der Waals surface area contributed by atoms with Gasteiger partial charge in [0.25, 0.3) is 0 Å². The summed E-state index contributed by atoms with van der Waals surface area (Å²) in [5.41, 5.74) is 0.697. The maximum Gasteiger partial charge on any atom is 0.127 e. The second-order valence-corrected chi connectivity index (χ2v) is 4.78. The zero-order valence-corrected chi connectivity index (χ0v) is 9.21. The highest BCUT2D eigenvalue weighted by atomic mass is 19.1. The predicted octanol–water partition coefficient (Wildman–Crippen LogP) is 1.85. The average molecular weight is 221 g/mol. The van der Waals surface area contributed by atoms with E-state index >= 15 is 0 Å². The molecule has 2 aliphatic rings. The van der Waals surface area contributed by atoms with Crippen molar-refractivity contribution in [3.63, 3.8) is 0 Å². The largest absolute Gasteiger partial charge is 0.379 e. The van der Waals surface area contributed by atoms with E-state index in [0.717, 1.165) is 18.5 Å². The topological polar surface area (TPSA) is 21.3 Å². The van der Waals surface area contributed by atoms with Gasteiger partial charge in [0.2, 0.25) is 0 Å². The Balaban J connectivity index is 1.98. The van der Waals surface area contributed by atoms with Crippen LogP contribution in [0.25, 0.3) is 0 Å². The molecule has 3 rings (SSSR count). The molecule has 2 saturated heterocycles. The van der Waals surface area contributed by atoms with Gasteiger partial charge in [0.05, 0.1) is 18.6 Å². The van der Waals surface area contributed by atoms with Crippen LogP contribution in [0.15, 0.2) is 24.3 Å². The molecule has 1 unspecified atom stereocenters. The summed E-state index contributed by atoms with van der Waals surface area (Å²) in [7, 11) is 0. The third-order valence-electron chi connectivity index (χ3n) is 3.86. The summed E-state index contributed by atoms with van der Waals surface area (Å²) < 4.78 is 19.2. The van der Waals surface area contributed by atoms with Crippen LogP contribution in [0.5, 0.6) is 0 Å². The Kier molecular flexibility index (Phi) is 2.45. The van der Waals surface area contributed by atoms with Crippen molar-refractivity contribution in [3.8, 4) is 0 Å². The van der Waals surface area contributed by atoms with Crippen molar-refractivity contribution in [3.05, 3.63) is 35.6 Å². The quantitative estimate of drug-likeness (QED) is 0.823. The van der Waals surface area contributed by atoms with Crippen LogP contribution in [-0.2, 0) is 10.2 Å². The van der Waals surface area contributed by atoms with E-state index in [9.17, 15) is 4.39 Å². The average Bonchev–Trinajstić information content (AvgIpc) is 2.73. The smallest absolute Gasteiger partial charge is 0.127 e. The van der Waals surface area contributed by atoms with Gasteiger partial charge in [-0.15, -0.1) is 0 Å². The van der Waals surface area contributed by atoms with Gasteiger partial charge in [-0.1, -0.05) is 18.2 Å². The molecule has 16 heavy (non-hydrogen) atoms. The first kappa shape index (κ1) is 10.2. The normalized spacial score (nSPS) is 27.7. The summed E-state index contributed by atoms with van der Waals surface area (Å²) >= 11 is 0. The maximum atomic E-state index is 13.9. The van der Waals surface area contributed by atoms with Crippen molar-refractivity contribution < 1.29 is 9.13 Å². The number of ether oxygens (including phenoxy) is 1. The third kappa shape index (κ3) is 1.39. The van der Waals surface area contributed by atoms with E-state index in [0.29, 0.717) is 19.3 Å². The molecular weight excluding hydrogens is 205 g/mol. The van der Waals surface area contributed by atoms with Crippen molar-refractivity contribution in [2.45, 2.75) is 24.3 Å². The van der Waals surface area contributed by atoms with Crippen LogP contribution in [0.4, 0.5) is 4.39 Å². The molecule has 1 atom stereocenters. The number of rotatable bonds is 2. The molecule has 0 spiro atoms. The Morgan fingerprint density at radius 3 is 2.69 bits per heavy atom. The van der Waals surface area contributed by atoms with Crippen molar-refractivity contribution >= 4 is 0 Å². The van der Waals surface area contributed by atoms with Crippen LogP contribution >= 0.6 is 0 Å². The highest BCUT2D eigenvalue weighted by Crippen LogP contribution is 2.40. The number of halogens is 1. The monoisotopic (exact) mass is 221 g/mol. The van der Waals surface area contributed by atoms with Gasteiger partial charge in [-0.25, -0.2) is 4.39 Å². The molecule has 0 aromatic heterocycles. The number of benzene rings is 1. The lowest BCUT2D eigenvalue weighted by atomic mass is 9.71. The molecule has 1 aromatic rings. The zero-order valence-electron chi connectivity index (χ0n) is 9.21. The molecular formula is C13H16FNO. The van der Waals surface area contributed by atoms with Crippen LogP contribution in [-0.4, -0.2) is 25.8 Å². The number of hydrogen-bond acceptors (Lipinski definition) is 2. The molecule has 0 amide bonds. The van der Waals surface area contributed by atoms with Crippen LogP contribution in [0.3, 0.4) is 0 Å². The Morgan fingerprint density at radius 1 is 1.31 bits per heavy atom. The van der Waals surface area contributed by atoms with Gasteiger partial charge < -0.3 is 10.1 Å². The predicted molar refractivity (Wildman–Crippen MR) is 59.9 cm³/mol. The Bertz CT molecular complexity index is 383. The summed E-state index contributed by atoms with van der Waals surface area (Å²) in [6.45, 7) is 2.33. The molecule has 2 heterocycles. The minimum absolute atomic E-state index is 0.0977. The molecule has 0 saturated carbocycles. The summed E-state index contributed by atoms with van der Waals surface area (Å²) in [4.78, 5) is 0. The standard InChI is InChI=1S/C13H16FNO/c14-11-5-2-1-4-10(11)13(8-16-9-13)12-6-3-7-15-12/h1-2,4-5,12,15H,3,6-9H2. The number of hydrogen-bond donors (Lipinski definition) is 1. The van der Waals surface area contributed by atoms with Crippen LogP contribution in [0.2, 0.25) is 0 Å². The molecule has 2 nitrogen and oxygen atoms in total. The van der Waals surface area contributed by atoms with Gasteiger partial charge in [0.15, 0.2) is 0 Å². The van der Waals surface area contributed by atoms with Gasteiger partial charge in [-0.2, -0.15) is 0 Å². The van der Waals surface area contributed by atoms with Gasteiger partial charge >= 0.3 is 0 Å². The van der Waals surface area contributed by atoms with E-state index in [2.05, 4.69) is 5.32 Å². The van der Waals surface area contributed by atoms with Crippen LogP contribution < -0.4 is 5.32 Å². The minimum Gasteiger partial charge on any atom is -0.379 e. The van der Waals surface area contributed by atoms with Crippen molar-refractivity contribution in [1.82, 2.24) is 5.32 Å². The fraction of sp³-hybridized carbons (Fsp3) is 0.538. The first-order chi connectivity index (χ1) is 7.83. The van der Waals surface area contributed by atoms with Crippen molar-refractivity contribution in [1.29, 1.82) is 0 Å². The Morgan fingerprint density at radius 2 is 2.12 bits per heavy atom. The summed E-state index contributed by atoms with van der Waals surface area (Å²) in [6.07, 6.45) is 2.30. The molecule has 2 fully saturated rings. The molecule has 0 bridgehead atoms. The van der Waals surface area contributed by atoms with E-state index < -0.39 is 0 Å².